The number of anilines is 1. The molecule has 3 aliphatic rings. The number of hydrogen-bond acceptors (Lipinski definition) is 5. The minimum absolute atomic E-state index is 0.0214. The predicted molar refractivity (Wildman–Crippen MR) is 103 cm³/mol. The third-order valence-electron chi connectivity index (χ3n) is 5.76. The molecule has 0 saturated carbocycles. The van der Waals surface area contributed by atoms with Crippen LogP contribution in [0.3, 0.4) is 0 Å². The number of hydrogen-bond donors (Lipinski definition) is 1. The zero-order chi connectivity index (χ0) is 18.4. The number of carbonyl (C=O) groups is 1. The summed E-state index contributed by atoms with van der Waals surface area (Å²) >= 11 is 1.61. The normalized spacial score (nSPS) is 18.7. The van der Waals surface area contributed by atoms with Gasteiger partial charge in [-0.3, -0.25) is 10.1 Å². The molecular formula is C19H23N5O2S. The summed E-state index contributed by atoms with van der Waals surface area (Å²) in [6.45, 7) is 1.89. The van der Waals surface area contributed by atoms with Gasteiger partial charge in [0.25, 0.3) is 5.56 Å². The fourth-order valence-corrected chi connectivity index (χ4v) is 5.28. The number of aromatic nitrogens is 3. The van der Waals surface area contributed by atoms with Gasteiger partial charge in [-0.25, -0.2) is 14.5 Å². The van der Waals surface area contributed by atoms with Crippen LogP contribution in [0.4, 0.5) is 9.93 Å². The van der Waals surface area contributed by atoms with Crippen LogP contribution in [-0.2, 0) is 32.2 Å². The molecule has 1 fully saturated rings. The molecule has 0 unspecified atom stereocenters. The lowest BCUT2D eigenvalue weighted by molar-refractivity contribution is 0.116. The Morgan fingerprint density at radius 2 is 1.96 bits per heavy atom. The Balaban J connectivity index is 1.17. The molecule has 2 aliphatic carbocycles. The largest absolute Gasteiger partial charge is 0.324 e. The number of thiazole rings is 1. The predicted octanol–water partition coefficient (Wildman–Crippen LogP) is 2.23. The first-order valence-electron chi connectivity index (χ1n) is 9.80. The standard InChI is InChI=1S/C19H23N5O2S/c25-17-8-13-4-3-6-14(13)22-24(17)11-12-9-23(10-12)19(26)21-18-20-15-5-1-2-7-16(15)27-18/h8,12H,1-7,9-11H2,(H,20,21,26). The minimum Gasteiger partial charge on any atom is -0.324 e. The number of nitrogens with zero attached hydrogens (tertiary/aromatic N) is 4. The summed E-state index contributed by atoms with van der Waals surface area (Å²) in [5, 5.41) is 8.18. The maximum Gasteiger partial charge on any atom is 0.323 e. The van der Waals surface area contributed by atoms with Crippen LogP contribution in [0.1, 0.15) is 41.1 Å². The van der Waals surface area contributed by atoms with Crippen LogP contribution in [0.2, 0.25) is 0 Å². The van der Waals surface area contributed by atoms with Crippen LogP contribution in [-0.4, -0.2) is 38.8 Å². The Morgan fingerprint density at radius 1 is 1.15 bits per heavy atom. The maximum absolute atomic E-state index is 12.4. The van der Waals surface area contributed by atoms with Gasteiger partial charge in [0.05, 0.1) is 17.9 Å². The molecule has 27 heavy (non-hydrogen) atoms. The molecule has 1 aliphatic heterocycles. The van der Waals surface area contributed by atoms with Crippen molar-refractivity contribution in [1.29, 1.82) is 0 Å². The molecule has 142 valence electrons. The summed E-state index contributed by atoms with van der Waals surface area (Å²) < 4.78 is 1.58. The molecule has 2 amide bonds. The van der Waals surface area contributed by atoms with Crippen molar-refractivity contribution in [2.45, 2.75) is 51.5 Å². The highest BCUT2D eigenvalue weighted by molar-refractivity contribution is 7.15. The van der Waals surface area contributed by atoms with E-state index >= 15 is 0 Å². The van der Waals surface area contributed by atoms with Gasteiger partial charge in [0.15, 0.2) is 5.13 Å². The average molecular weight is 385 g/mol. The Bertz CT molecular complexity index is 921. The summed E-state index contributed by atoms with van der Waals surface area (Å²) in [5.41, 5.74) is 3.31. The number of aryl methyl sites for hydroxylation is 4. The highest BCUT2D eigenvalue weighted by Crippen LogP contribution is 2.30. The zero-order valence-corrected chi connectivity index (χ0v) is 16.1. The smallest absolute Gasteiger partial charge is 0.323 e. The molecular weight excluding hydrogens is 362 g/mol. The van der Waals surface area contributed by atoms with Crippen LogP contribution in [0.25, 0.3) is 0 Å². The third kappa shape index (κ3) is 3.26. The highest BCUT2D eigenvalue weighted by atomic mass is 32.1. The Kier molecular flexibility index (Phi) is 4.22. The number of nitrogens with one attached hydrogen (secondary N) is 1. The second kappa shape index (κ2) is 6.74. The van der Waals surface area contributed by atoms with Crippen molar-refractivity contribution in [2.24, 2.45) is 5.92 Å². The van der Waals surface area contributed by atoms with Gasteiger partial charge >= 0.3 is 6.03 Å². The van der Waals surface area contributed by atoms with Gasteiger partial charge in [-0.2, -0.15) is 5.10 Å². The van der Waals surface area contributed by atoms with Crippen molar-refractivity contribution in [2.75, 3.05) is 18.4 Å². The monoisotopic (exact) mass is 385 g/mol. The Morgan fingerprint density at radius 3 is 2.81 bits per heavy atom. The molecule has 2 aromatic rings. The van der Waals surface area contributed by atoms with E-state index in [9.17, 15) is 9.59 Å². The lowest BCUT2D eigenvalue weighted by Gasteiger charge is -2.38. The van der Waals surface area contributed by atoms with E-state index in [1.807, 2.05) is 0 Å². The number of amides is 2. The summed E-state index contributed by atoms with van der Waals surface area (Å²) in [7, 11) is 0. The van der Waals surface area contributed by atoms with E-state index in [0.717, 1.165) is 49.1 Å². The second-order valence-corrected chi connectivity index (χ2v) is 8.87. The van der Waals surface area contributed by atoms with Crippen LogP contribution in [0.15, 0.2) is 10.9 Å². The summed E-state index contributed by atoms with van der Waals surface area (Å²) in [6.07, 6.45) is 7.53. The number of urea groups is 1. The van der Waals surface area contributed by atoms with Gasteiger partial charge < -0.3 is 4.90 Å². The van der Waals surface area contributed by atoms with E-state index in [4.69, 9.17) is 0 Å². The maximum atomic E-state index is 12.4. The quantitative estimate of drug-likeness (QED) is 0.879. The van der Waals surface area contributed by atoms with Gasteiger partial charge in [0.2, 0.25) is 0 Å². The van der Waals surface area contributed by atoms with Gasteiger partial charge in [0, 0.05) is 30.0 Å². The van der Waals surface area contributed by atoms with Crippen LogP contribution in [0.5, 0.6) is 0 Å². The molecule has 0 bridgehead atoms. The third-order valence-corrected chi connectivity index (χ3v) is 6.83. The summed E-state index contributed by atoms with van der Waals surface area (Å²) in [6, 6.07) is 1.65. The molecule has 0 aromatic carbocycles. The van der Waals surface area contributed by atoms with Crippen molar-refractivity contribution in [3.63, 3.8) is 0 Å². The highest BCUT2D eigenvalue weighted by Gasteiger charge is 2.32. The van der Waals surface area contributed by atoms with Crippen molar-refractivity contribution in [3.05, 3.63) is 38.2 Å². The first kappa shape index (κ1) is 16.9. The average Bonchev–Trinajstić information content (AvgIpc) is 3.22. The van der Waals surface area contributed by atoms with E-state index in [1.54, 1.807) is 27.0 Å². The lowest BCUT2D eigenvalue weighted by Crippen LogP contribution is -2.53. The SMILES string of the molecule is O=C(Nc1nc2c(s1)CCCC2)N1CC(Cn2nc3c(cc2=O)CCC3)C1. The molecule has 1 N–H and O–H groups in total. The van der Waals surface area contributed by atoms with E-state index < -0.39 is 0 Å². The van der Waals surface area contributed by atoms with Crippen LogP contribution < -0.4 is 10.9 Å². The fraction of sp³-hybridized carbons (Fsp3) is 0.579. The Hall–Kier alpha value is -2.22. The van der Waals surface area contributed by atoms with E-state index in [1.165, 1.54) is 17.7 Å². The number of fused-ring (bicyclic) bond motifs is 2. The van der Waals surface area contributed by atoms with Crippen LogP contribution >= 0.6 is 11.3 Å². The first-order chi connectivity index (χ1) is 13.2. The molecule has 0 radical (unpaired) electrons. The van der Waals surface area contributed by atoms with E-state index in [-0.39, 0.29) is 17.5 Å². The first-order valence-corrected chi connectivity index (χ1v) is 10.6. The molecule has 5 rings (SSSR count). The van der Waals surface area contributed by atoms with Crippen molar-refractivity contribution < 1.29 is 4.79 Å². The molecule has 1 saturated heterocycles. The molecule has 8 heteroatoms. The van der Waals surface area contributed by atoms with E-state index in [0.29, 0.717) is 24.8 Å². The Labute approximate surface area is 161 Å². The molecule has 3 heterocycles. The van der Waals surface area contributed by atoms with Crippen LogP contribution in [0, 0.1) is 5.92 Å². The lowest BCUT2D eigenvalue weighted by atomic mass is 10.0. The van der Waals surface area contributed by atoms with Gasteiger partial charge in [0.1, 0.15) is 0 Å². The van der Waals surface area contributed by atoms with Gasteiger partial charge in [-0.15, -0.1) is 11.3 Å². The van der Waals surface area contributed by atoms with Gasteiger partial charge in [-0.1, -0.05) is 0 Å². The molecule has 0 spiro atoms. The molecule has 2 aromatic heterocycles. The minimum atomic E-state index is -0.0911. The van der Waals surface area contributed by atoms with Crippen molar-refractivity contribution in [3.8, 4) is 0 Å². The molecule has 0 atom stereocenters. The second-order valence-electron chi connectivity index (χ2n) is 7.79. The fourth-order valence-electron chi connectivity index (χ4n) is 4.24. The number of likely N-dealkylation sites (tertiary alicyclic amines) is 1. The topological polar surface area (TPSA) is 80.1 Å². The van der Waals surface area contributed by atoms with E-state index in [2.05, 4.69) is 15.4 Å². The van der Waals surface area contributed by atoms with Gasteiger partial charge in [-0.05, 0) is 50.5 Å². The van der Waals surface area contributed by atoms with Crippen molar-refractivity contribution in [1.82, 2.24) is 19.7 Å². The summed E-state index contributed by atoms with van der Waals surface area (Å²) in [4.78, 5) is 32.3. The number of carbonyl (C=O) groups excluding carboxylic acids is 1. The summed E-state index contributed by atoms with van der Waals surface area (Å²) in [5.74, 6) is 0.282. The molecule has 7 nitrogen and oxygen atoms in total. The van der Waals surface area contributed by atoms with Crippen molar-refractivity contribution >= 4 is 22.5 Å². The number of rotatable bonds is 3. The zero-order valence-electron chi connectivity index (χ0n) is 15.2.